The first-order valence-electron chi connectivity index (χ1n) is 5.80. The molecule has 4 nitrogen and oxygen atoms in total. The van der Waals surface area contributed by atoms with Crippen molar-refractivity contribution < 1.29 is 13.5 Å². The SMILES string of the molecule is FC(F)Oc1ccc(CNC2=NCCCN2)cc1. The molecule has 0 atom stereocenters. The second-order valence-electron chi connectivity index (χ2n) is 3.89. The molecule has 2 N–H and O–H groups in total. The molecule has 1 heterocycles. The van der Waals surface area contributed by atoms with Crippen molar-refractivity contribution in [2.75, 3.05) is 13.1 Å². The summed E-state index contributed by atoms with van der Waals surface area (Å²) in [4.78, 5) is 4.27. The topological polar surface area (TPSA) is 45.6 Å². The number of rotatable bonds is 4. The molecule has 6 heteroatoms. The minimum atomic E-state index is -2.78. The summed E-state index contributed by atoms with van der Waals surface area (Å²) in [6.07, 6.45) is 1.05. The Hall–Kier alpha value is -1.85. The van der Waals surface area contributed by atoms with Crippen molar-refractivity contribution in [3.8, 4) is 5.75 Å². The van der Waals surface area contributed by atoms with Gasteiger partial charge in [-0.2, -0.15) is 8.78 Å². The lowest BCUT2D eigenvalue weighted by molar-refractivity contribution is -0.0498. The Morgan fingerprint density at radius 3 is 2.72 bits per heavy atom. The molecule has 0 radical (unpaired) electrons. The molecule has 0 spiro atoms. The Morgan fingerprint density at radius 1 is 1.33 bits per heavy atom. The van der Waals surface area contributed by atoms with Crippen LogP contribution in [0.15, 0.2) is 29.3 Å². The second kappa shape index (κ2) is 6.18. The number of ether oxygens (including phenoxy) is 1. The molecule has 98 valence electrons. The molecule has 0 aliphatic carbocycles. The van der Waals surface area contributed by atoms with Crippen LogP contribution in [0.4, 0.5) is 8.78 Å². The Morgan fingerprint density at radius 2 is 2.11 bits per heavy atom. The van der Waals surface area contributed by atoms with Gasteiger partial charge in [0.25, 0.3) is 0 Å². The van der Waals surface area contributed by atoms with E-state index >= 15 is 0 Å². The maximum Gasteiger partial charge on any atom is 0.387 e. The van der Waals surface area contributed by atoms with E-state index in [2.05, 4.69) is 20.4 Å². The maximum absolute atomic E-state index is 12.0. The average Bonchev–Trinajstić information content (AvgIpc) is 2.38. The van der Waals surface area contributed by atoms with Crippen molar-refractivity contribution in [3.63, 3.8) is 0 Å². The van der Waals surface area contributed by atoms with Crippen molar-refractivity contribution in [2.45, 2.75) is 19.6 Å². The van der Waals surface area contributed by atoms with Gasteiger partial charge in [-0.05, 0) is 24.1 Å². The molecule has 0 saturated heterocycles. The number of halogens is 2. The highest BCUT2D eigenvalue weighted by Crippen LogP contribution is 2.14. The third-order valence-corrected chi connectivity index (χ3v) is 2.51. The molecule has 18 heavy (non-hydrogen) atoms. The minimum absolute atomic E-state index is 0.168. The fraction of sp³-hybridized carbons (Fsp3) is 0.417. The zero-order valence-corrected chi connectivity index (χ0v) is 9.83. The number of nitrogens with zero attached hydrogens (tertiary/aromatic N) is 1. The predicted molar refractivity (Wildman–Crippen MR) is 64.8 cm³/mol. The van der Waals surface area contributed by atoms with Gasteiger partial charge in [-0.3, -0.25) is 4.99 Å². The van der Waals surface area contributed by atoms with Gasteiger partial charge in [0, 0.05) is 19.6 Å². The van der Waals surface area contributed by atoms with Crippen LogP contribution in [0, 0.1) is 0 Å². The van der Waals surface area contributed by atoms with Crippen molar-refractivity contribution in [2.24, 2.45) is 4.99 Å². The van der Waals surface area contributed by atoms with Crippen LogP contribution in [0.2, 0.25) is 0 Å². The normalized spacial score (nSPS) is 14.9. The highest BCUT2D eigenvalue weighted by Gasteiger charge is 2.05. The van der Waals surface area contributed by atoms with Crippen LogP contribution in [-0.4, -0.2) is 25.7 Å². The Bertz CT molecular complexity index is 406. The van der Waals surface area contributed by atoms with E-state index in [0.29, 0.717) is 6.54 Å². The van der Waals surface area contributed by atoms with E-state index in [-0.39, 0.29) is 5.75 Å². The second-order valence-corrected chi connectivity index (χ2v) is 3.89. The molecule has 0 aromatic heterocycles. The van der Waals surface area contributed by atoms with E-state index < -0.39 is 6.61 Å². The van der Waals surface area contributed by atoms with Crippen LogP contribution in [0.3, 0.4) is 0 Å². The Kier molecular flexibility index (Phi) is 4.33. The molecule has 1 aliphatic rings. The monoisotopic (exact) mass is 255 g/mol. The fourth-order valence-corrected chi connectivity index (χ4v) is 1.63. The number of benzene rings is 1. The minimum Gasteiger partial charge on any atom is -0.435 e. The van der Waals surface area contributed by atoms with Crippen LogP contribution < -0.4 is 15.4 Å². The van der Waals surface area contributed by atoms with Gasteiger partial charge < -0.3 is 15.4 Å². The first-order chi connectivity index (χ1) is 8.74. The standard InChI is InChI=1S/C12H15F2N3O/c13-11(14)18-10-4-2-9(3-5-10)8-17-12-15-6-1-7-16-12/h2-5,11H,1,6-8H2,(H2,15,16,17). The quantitative estimate of drug-likeness (QED) is 0.861. The highest BCUT2D eigenvalue weighted by molar-refractivity contribution is 5.80. The van der Waals surface area contributed by atoms with Gasteiger partial charge >= 0.3 is 6.61 Å². The first kappa shape index (κ1) is 12.6. The zero-order chi connectivity index (χ0) is 12.8. The van der Waals surface area contributed by atoms with Crippen LogP contribution in [-0.2, 0) is 6.54 Å². The number of nitrogens with one attached hydrogen (secondary N) is 2. The van der Waals surface area contributed by atoms with Crippen LogP contribution >= 0.6 is 0 Å². The summed E-state index contributed by atoms with van der Waals surface area (Å²) < 4.78 is 28.2. The van der Waals surface area contributed by atoms with Crippen LogP contribution in [0.1, 0.15) is 12.0 Å². The lowest BCUT2D eigenvalue weighted by Gasteiger charge is -2.16. The Labute approximate surface area is 104 Å². The summed E-state index contributed by atoms with van der Waals surface area (Å²) in [5, 5.41) is 6.29. The summed E-state index contributed by atoms with van der Waals surface area (Å²) in [6.45, 7) is -0.431. The lowest BCUT2D eigenvalue weighted by Crippen LogP contribution is -2.40. The van der Waals surface area contributed by atoms with Gasteiger partial charge in [-0.15, -0.1) is 0 Å². The van der Waals surface area contributed by atoms with Crippen molar-refractivity contribution in [1.82, 2.24) is 10.6 Å². The van der Waals surface area contributed by atoms with Crippen molar-refractivity contribution >= 4 is 5.96 Å². The van der Waals surface area contributed by atoms with E-state index in [1.54, 1.807) is 12.1 Å². The summed E-state index contributed by atoms with van der Waals surface area (Å²) >= 11 is 0. The van der Waals surface area contributed by atoms with Gasteiger partial charge in [-0.1, -0.05) is 12.1 Å². The summed E-state index contributed by atoms with van der Waals surface area (Å²) in [5.41, 5.74) is 0.978. The van der Waals surface area contributed by atoms with Crippen LogP contribution in [0.5, 0.6) is 5.75 Å². The van der Waals surface area contributed by atoms with E-state index in [1.807, 2.05) is 0 Å². The van der Waals surface area contributed by atoms with Crippen molar-refractivity contribution in [1.29, 1.82) is 0 Å². The van der Waals surface area contributed by atoms with Crippen molar-refractivity contribution in [3.05, 3.63) is 29.8 Å². The summed E-state index contributed by atoms with van der Waals surface area (Å²) in [6, 6.07) is 6.54. The number of aliphatic imine (C=N–C) groups is 1. The van der Waals surface area contributed by atoms with Gasteiger partial charge in [0.1, 0.15) is 5.75 Å². The van der Waals surface area contributed by atoms with E-state index in [0.717, 1.165) is 31.0 Å². The summed E-state index contributed by atoms with van der Waals surface area (Å²) in [5.74, 6) is 0.955. The smallest absolute Gasteiger partial charge is 0.387 e. The van der Waals surface area contributed by atoms with Crippen LogP contribution in [0.25, 0.3) is 0 Å². The predicted octanol–water partition coefficient (Wildman–Crippen LogP) is 1.73. The molecule has 0 amide bonds. The molecule has 1 aliphatic heterocycles. The zero-order valence-electron chi connectivity index (χ0n) is 9.83. The van der Waals surface area contributed by atoms with Gasteiger partial charge in [0.15, 0.2) is 5.96 Å². The average molecular weight is 255 g/mol. The molecular weight excluding hydrogens is 240 g/mol. The molecule has 0 unspecified atom stereocenters. The Balaban J connectivity index is 1.84. The maximum atomic E-state index is 12.0. The summed E-state index contributed by atoms with van der Waals surface area (Å²) in [7, 11) is 0. The highest BCUT2D eigenvalue weighted by atomic mass is 19.3. The number of guanidine groups is 1. The lowest BCUT2D eigenvalue weighted by atomic mass is 10.2. The first-order valence-corrected chi connectivity index (χ1v) is 5.80. The number of hydrogen-bond acceptors (Lipinski definition) is 4. The van der Waals surface area contributed by atoms with Gasteiger partial charge in [-0.25, -0.2) is 0 Å². The van der Waals surface area contributed by atoms with E-state index in [1.165, 1.54) is 12.1 Å². The van der Waals surface area contributed by atoms with E-state index in [9.17, 15) is 8.78 Å². The third kappa shape index (κ3) is 3.87. The number of alkyl halides is 2. The number of hydrogen-bond donors (Lipinski definition) is 2. The van der Waals surface area contributed by atoms with Gasteiger partial charge in [0.05, 0.1) is 0 Å². The molecular formula is C12H15F2N3O. The van der Waals surface area contributed by atoms with E-state index in [4.69, 9.17) is 0 Å². The molecule has 2 rings (SSSR count). The molecule has 1 aromatic rings. The molecule has 1 aromatic carbocycles. The van der Waals surface area contributed by atoms with Gasteiger partial charge in [0.2, 0.25) is 0 Å². The fourth-order valence-electron chi connectivity index (χ4n) is 1.63. The molecule has 0 saturated carbocycles. The molecule has 0 bridgehead atoms. The third-order valence-electron chi connectivity index (χ3n) is 2.51. The molecule has 0 fully saturated rings. The largest absolute Gasteiger partial charge is 0.435 e.